The van der Waals surface area contributed by atoms with Crippen molar-refractivity contribution in [2.75, 3.05) is 6.61 Å². The number of hydrogen-bond donors (Lipinski definition) is 1. The fourth-order valence-electron chi connectivity index (χ4n) is 0.187. The van der Waals surface area contributed by atoms with Gasteiger partial charge in [0.2, 0.25) is 0 Å². The van der Waals surface area contributed by atoms with Crippen LogP contribution in [0, 0.1) is 0 Å². The summed E-state index contributed by atoms with van der Waals surface area (Å²) in [6, 6.07) is 0. The van der Waals surface area contributed by atoms with E-state index in [1.54, 1.807) is 0 Å². The SMILES string of the molecule is CC(=O)OC=CCO. The van der Waals surface area contributed by atoms with Crippen molar-refractivity contribution < 1.29 is 14.6 Å². The lowest BCUT2D eigenvalue weighted by atomic mass is 10.7. The van der Waals surface area contributed by atoms with Gasteiger partial charge in [0.1, 0.15) is 0 Å². The van der Waals surface area contributed by atoms with Gasteiger partial charge in [-0.25, -0.2) is 0 Å². The Bertz CT molecular complexity index is 95.8. The molecule has 0 fully saturated rings. The number of esters is 1. The van der Waals surface area contributed by atoms with Crippen LogP contribution in [0.4, 0.5) is 0 Å². The Hall–Kier alpha value is -0.830. The summed E-state index contributed by atoms with van der Waals surface area (Å²) >= 11 is 0. The van der Waals surface area contributed by atoms with E-state index in [9.17, 15) is 4.79 Å². The van der Waals surface area contributed by atoms with E-state index in [2.05, 4.69) is 4.74 Å². The quantitative estimate of drug-likeness (QED) is 0.409. The van der Waals surface area contributed by atoms with E-state index in [4.69, 9.17) is 5.11 Å². The molecule has 0 atom stereocenters. The van der Waals surface area contributed by atoms with Gasteiger partial charge in [-0.05, 0) is 6.08 Å². The second-order valence-electron chi connectivity index (χ2n) is 1.16. The van der Waals surface area contributed by atoms with Crippen LogP contribution in [0.1, 0.15) is 6.92 Å². The van der Waals surface area contributed by atoms with Crippen molar-refractivity contribution >= 4 is 5.97 Å². The van der Waals surface area contributed by atoms with Gasteiger partial charge < -0.3 is 9.84 Å². The Morgan fingerprint density at radius 3 is 2.88 bits per heavy atom. The first-order valence-electron chi connectivity index (χ1n) is 2.20. The standard InChI is InChI=1S/C5H8O3/c1-5(7)8-4-2-3-6/h2,4,6H,3H2,1H3. The fraction of sp³-hybridized carbons (Fsp3) is 0.400. The van der Waals surface area contributed by atoms with Crippen LogP contribution in [0.3, 0.4) is 0 Å². The first-order valence-corrected chi connectivity index (χ1v) is 2.20. The fourth-order valence-corrected chi connectivity index (χ4v) is 0.187. The number of carbonyl (C=O) groups is 1. The topological polar surface area (TPSA) is 46.5 Å². The number of rotatable bonds is 2. The summed E-state index contributed by atoms with van der Waals surface area (Å²) in [5.41, 5.74) is 0. The van der Waals surface area contributed by atoms with Gasteiger partial charge in [0.25, 0.3) is 0 Å². The summed E-state index contributed by atoms with van der Waals surface area (Å²) < 4.78 is 4.30. The van der Waals surface area contributed by atoms with E-state index in [-0.39, 0.29) is 12.6 Å². The van der Waals surface area contributed by atoms with E-state index in [1.807, 2.05) is 0 Å². The number of carbonyl (C=O) groups excluding carboxylic acids is 1. The number of hydrogen-bond acceptors (Lipinski definition) is 3. The first-order chi connectivity index (χ1) is 3.77. The molecule has 0 aromatic rings. The van der Waals surface area contributed by atoms with E-state index in [0.29, 0.717) is 0 Å². The molecule has 0 rings (SSSR count). The Kier molecular flexibility index (Phi) is 3.88. The number of ether oxygens (including phenoxy) is 1. The molecule has 0 aromatic heterocycles. The maximum atomic E-state index is 9.96. The summed E-state index contributed by atoms with van der Waals surface area (Å²) in [6.45, 7) is 1.19. The molecule has 0 amide bonds. The summed E-state index contributed by atoms with van der Waals surface area (Å²) in [7, 11) is 0. The van der Waals surface area contributed by atoms with Gasteiger partial charge in [-0.1, -0.05) is 0 Å². The minimum atomic E-state index is -0.380. The second kappa shape index (κ2) is 4.33. The second-order valence-corrected chi connectivity index (χ2v) is 1.16. The zero-order valence-electron chi connectivity index (χ0n) is 4.63. The monoisotopic (exact) mass is 116 g/mol. The lowest BCUT2D eigenvalue weighted by Gasteiger charge is -1.86. The van der Waals surface area contributed by atoms with E-state index in [1.165, 1.54) is 13.0 Å². The lowest BCUT2D eigenvalue weighted by molar-refractivity contribution is -0.135. The zero-order valence-corrected chi connectivity index (χ0v) is 4.63. The Labute approximate surface area is 47.6 Å². The molecule has 0 heterocycles. The molecule has 0 spiro atoms. The maximum Gasteiger partial charge on any atom is 0.307 e. The van der Waals surface area contributed by atoms with Gasteiger partial charge >= 0.3 is 5.97 Å². The van der Waals surface area contributed by atoms with Crippen LogP contribution in [0.15, 0.2) is 12.3 Å². The smallest absolute Gasteiger partial charge is 0.307 e. The van der Waals surface area contributed by atoms with Gasteiger partial charge in [-0.2, -0.15) is 0 Å². The Morgan fingerprint density at radius 2 is 2.50 bits per heavy atom. The molecule has 0 saturated heterocycles. The number of aliphatic hydroxyl groups excluding tert-OH is 1. The zero-order chi connectivity index (χ0) is 6.41. The highest BCUT2D eigenvalue weighted by Gasteiger charge is 1.81. The van der Waals surface area contributed by atoms with Gasteiger partial charge in [0.05, 0.1) is 12.9 Å². The summed E-state index contributed by atoms with van der Waals surface area (Å²) in [5, 5.41) is 8.10. The third-order valence-corrected chi connectivity index (χ3v) is 0.436. The van der Waals surface area contributed by atoms with E-state index in [0.717, 1.165) is 6.26 Å². The van der Waals surface area contributed by atoms with Crippen molar-refractivity contribution in [1.82, 2.24) is 0 Å². The third kappa shape index (κ3) is 5.17. The predicted molar refractivity (Wildman–Crippen MR) is 28.0 cm³/mol. The Balaban J connectivity index is 3.16. The Morgan fingerprint density at radius 1 is 1.88 bits per heavy atom. The molecule has 0 unspecified atom stereocenters. The largest absolute Gasteiger partial charge is 0.435 e. The van der Waals surface area contributed by atoms with Crippen molar-refractivity contribution in [3.05, 3.63) is 12.3 Å². The molecule has 1 N–H and O–H groups in total. The molecule has 3 nitrogen and oxygen atoms in total. The summed E-state index contributed by atoms with van der Waals surface area (Å²) in [4.78, 5) is 9.96. The van der Waals surface area contributed by atoms with Gasteiger partial charge in [0.15, 0.2) is 0 Å². The molecule has 3 heteroatoms. The highest BCUT2D eigenvalue weighted by Crippen LogP contribution is 1.76. The highest BCUT2D eigenvalue weighted by molar-refractivity contribution is 5.66. The first kappa shape index (κ1) is 7.17. The minimum absolute atomic E-state index is 0.104. The van der Waals surface area contributed by atoms with E-state index >= 15 is 0 Å². The molecule has 0 aliphatic carbocycles. The predicted octanol–water partition coefficient (Wildman–Crippen LogP) is 0.0555. The molecule has 46 valence electrons. The van der Waals surface area contributed by atoms with Crippen LogP contribution in [-0.4, -0.2) is 17.7 Å². The van der Waals surface area contributed by atoms with Gasteiger partial charge in [-0.3, -0.25) is 4.79 Å². The summed E-state index contributed by atoms with van der Waals surface area (Å²) in [5.74, 6) is -0.380. The molecule has 0 aliphatic rings. The average molecular weight is 116 g/mol. The van der Waals surface area contributed by atoms with Crippen molar-refractivity contribution in [2.24, 2.45) is 0 Å². The number of aliphatic hydroxyl groups is 1. The summed E-state index contributed by atoms with van der Waals surface area (Å²) in [6.07, 6.45) is 2.49. The van der Waals surface area contributed by atoms with E-state index < -0.39 is 0 Å². The van der Waals surface area contributed by atoms with Crippen LogP contribution in [-0.2, 0) is 9.53 Å². The molecule has 8 heavy (non-hydrogen) atoms. The molecule has 0 radical (unpaired) electrons. The van der Waals surface area contributed by atoms with Crippen LogP contribution < -0.4 is 0 Å². The molecular formula is C5H8O3. The third-order valence-electron chi connectivity index (χ3n) is 0.436. The normalized spacial score (nSPS) is 9.75. The van der Waals surface area contributed by atoms with Crippen molar-refractivity contribution in [1.29, 1.82) is 0 Å². The molecule has 0 aliphatic heterocycles. The lowest BCUT2D eigenvalue weighted by Crippen LogP contribution is -1.89. The van der Waals surface area contributed by atoms with Crippen LogP contribution in [0.2, 0.25) is 0 Å². The van der Waals surface area contributed by atoms with Crippen LogP contribution in [0.25, 0.3) is 0 Å². The van der Waals surface area contributed by atoms with Crippen LogP contribution >= 0.6 is 0 Å². The molecular weight excluding hydrogens is 108 g/mol. The van der Waals surface area contributed by atoms with Crippen molar-refractivity contribution in [2.45, 2.75) is 6.92 Å². The van der Waals surface area contributed by atoms with Gasteiger partial charge in [-0.15, -0.1) is 0 Å². The minimum Gasteiger partial charge on any atom is -0.435 e. The van der Waals surface area contributed by atoms with Gasteiger partial charge in [0, 0.05) is 6.92 Å². The average Bonchev–Trinajstić information content (AvgIpc) is 1.66. The molecule has 0 saturated carbocycles. The highest BCUT2D eigenvalue weighted by atomic mass is 16.5. The molecule has 0 bridgehead atoms. The van der Waals surface area contributed by atoms with Crippen molar-refractivity contribution in [3.8, 4) is 0 Å². The maximum absolute atomic E-state index is 9.96. The van der Waals surface area contributed by atoms with Crippen LogP contribution in [0.5, 0.6) is 0 Å². The van der Waals surface area contributed by atoms with Crippen molar-refractivity contribution in [3.63, 3.8) is 0 Å². The molecule has 0 aromatic carbocycles.